The Morgan fingerprint density at radius 1 is 0.850 bits per heavy atom. The lowest BCUT2D eigenvalue weighted by atomic mass is 9.76. The molecule has 0 saturated carbocycles. The molecular formula is C20H34. The van der Waals surface area contributed by atoms with Gasteiger partial charge in [-0.1, -0.05) is 79.7 Å². The maximum atomic E-state index is 2.39. The van der Waals surface area contributed by atoms with E-state index in [9.17, 15) is 0 Å². The number of hydrogen-bond acceptors (Lipinski definition) is 0. The number of hydrogen-bond donors (Lipinski definition) is 0. The molecule has 0 fully saturated rings. The zero-order chi connectivity index (χ0) is 15.6. The second kappa shape index (κ2) is 6.33. The summed E-state index contributed by atoms with van der Waals surface area (Å²) < 4.78 is 0. The predicted octanol–water partition coefficient (Wildman–Crippen LogP) is 6.24. The fraction of sp³-hybridized carbons (Fsp3) is 0.700. The minimum absolute atomic E-state index is 0.255. The van der Waals surface area contributed by atoms with Gasteiger partial charge in [-0.15, -0.1) is 0 Å². The molecule has 0 amide bonds. The zero-order valence-electron chi connectivity index (χ0n) is 14.9. The second-order valence-electron chi connectivity index (χ2n) is 8.76. The third-order valence-electron chi connectivity index (χ3n) is 4.64. The fourth-order valence-electron chi connectivity index (χ4n) is 2.58. The quantitative estimate of drug-likeness (QED) is 0.610. The van der Waals surface area contributed by atoms with E-state index in [1.54, 1.807) is 0 Å². The first-order valence-corrected chi connectivity index (χ1v) is 8.09. The first-order chi connectivity index (χ1) is 9.00. The van der Waals surface area contributed by atoms with Crippen LogP contribution in [0.25, 0.3) is 0 Å². The zero-order valence-corrected chi connectivity index (χ0v) is 14.9. The number of benzene rings is 1. The van der Waals surface area contributed by atoms with Crippen LogP contribution in [0.15, 0.2) is 24.3 Å². The maximum Gasteiger partial charge on any atom is -0.0132 e. The van der Waals surface area contributed by atoms with Gasteiger partial charge >= 0.3 is 0 Å². The Morgan fingerprint density at radius 2 is 1.35 bits per heavy atom. The highest BCUT2D eigenvalue weighted by atomic mass is 14.3. The first-order valence-electron chi connectivity index (χ1n) is 8.09. The molecule has 20 heavy (non-hydrogen) atoms. The van der Waals surface area contributed by atoms with Crippen LogP contribution in [-0.2, 0) is 11.8 Å². The molecule has 0 bridgehead atoms. The molecule has 0 aliphatic rings. The van der Waals surface area contributed by atoms with Gasteiger partial charge in [-0.25, -0.2) is 0 Å². The normalized spacial score (nSPS) is 16.0. The third kappa shape index (κ3) is 5.31. The van der Waals surface area contributed by atoms with Crippen LogP contribution in [0.1, 0.15) is 72.9 Å². The third-order valence-corrected chi connectivity index (χ3v) is 4.64. The Hall–Kier alpha value is -0.780. The van der Waals surface area contributed by atoms with Gasteiger partial charge in [-0.2, -0.15) is 0 Å². The van der Waals surface area contributed by atoms with Gasteiger partial charge < -0.3 is 0 Å². The SMILES string of the molecule is CC(Cc1ccc(C(C)(C)C)cc1)CC(C)C(C)(C)C. The topological polar surface area (TPSA) is 0 Å². The lowest BCUT2D eigenvalue weighted by Crippen LogP contribution is -2.20. The summed E-state index contributed by atoms with van der Waals surface area (Å²) in [6.45, 7) is 18.6. The van der Waals surface area contributed by atoms with E-state index in [4.69, 9.17) is 0 Å². The summed E-state index contributed by atoms with van der Waals surface area (Å²) in [4.78, 5) is 0. The molecule has 0 spiro atoms. The van der Waals surface area contributed by atoms with Gasteiger partial charge in [0.05, 0.1) is 0 Å². The van der Waals surface area contributed by atoms with E-state index in [0.717, 1.165) is 11.8 Å². The Kier molecular flexibility index (Phi) is 5.46. The number of rotatable bonds is 4. The Bertz CT molecular complexity index is 397. The van der Waals surface area contributed by atoms with Crippen molar-refractivity contribution in [1.29, 1.82) is 0 Å². The highest BCUT2D eigenvalue weighted by molar-refractivity contribution is 5.27. The highest BCUT2D eigenvalue weighted by Gasteiger charge is 2.22. The van der Waals surface area contributed by atoms with E-state index < -0.39 is 0 Å². The molecule has 0 heterocycles. The summed E-state index contributed by atoms with van der Waals surface area (Å²) in [5.74, 6) is 1.52. The van der Waals surface area contributed by atoms with Crippen molar-refractivity contribution in [1.82, 2.24) is 0 Å². The minimum atomic E-state index is 0.255. The first kappa shape index (κ1) is 17.3. The molecule has 0 heteroatoms. The van der Waals surface area contributed by atoms with Crippen LogP contribution in [0.4, 0.5) is 0 Å². The smallest absolute Gasteiger partial charge is 0.0132 e. The monoisotopic (exact) mass is 274 g/mol. The van der Waals surface area contributed by atoms with Crippen LogP contribution in [0.5, 0.6) is 0 Å². The van der Waals surface area contributed by atoms with Crippen molar-refractivity contribution in [3.8, 4) is 0 Å². The molecule has 114 valence electrons. The van der Waals surface area contributed by atoms with Gasteiger partial charge in [0.2, 0.25) is 0 Å². The molecular weight excluding hydrogens is 240 g/mol. The molecule has 0 N–H and O–H groups in total. The molecule has 1 rings (SSSR count). The van der Waals surface area contributed by atoms with E-state index in [0.29, 0.717) is 5.41 Å². The standard InChI is InChI=1S/C20H34/c1-15(13-16(2)19(3,4)5)14-17-9-11-18(12-10-17)20(6,7)8/h9-12,15-16H,13-14H2,1-8H3. The van der Waals surface area contributed by atoms with Crippen LogP contribution in [0.2, 0.25) is 0 Å². The van der Waals surface area contributed by atoms with Crippen LogP contribution >= 0.6 is 0 Å². The van der Waals surface area contributed by atoms with Crippen molar-refractivity contribution in [2.75, 3.05) is 0 Å². The van der Waals surface area contributed by atoms with Gasteiger partial charge in [-0.05, 0) is 46.6 Å². The largest absolute Gasteiger partial charge is 0.0622 e. The van der Waals surface area contributed by atoms with E-state index in [1.807, 2.05) is 0 Å². The van der Waals surface area contributed by atoms with Crippen molar-refractivity contribution >= 4 is 0 Å². The van der Waals surface area contributed by atoms with Crippen LogP contribution < -0.4 is 0 Å². The van der Waals surface area contributed by atoms with Gasteiger partial charge in [-0.3, -0.25) is 0 Å². The van der Waals surface area contributed by atoms with Crippen molar-refractivity contribution in [2.24, 2.45) is 17.3 Å². The lowest BCUT2D eigenvalue weighted by molar-refractivity contribution is 0.219. The maximum absolute atomic E-state index is 2.39. The molecule has 0 saturated heterocycles. The predicted molar refractivity (Wildman–Crippen MR) is 91.2 cm³/mol. The van der Waals surface area contributed by atoms with Crippen LogP contribution in [0, 0.1) is 17.3 Å². The molecule has 1 aromatic carbocycles. The Balaban J connectivity index is 2.61. The van der Waals surface area contributed by atoms with Crippen molar-refractivity contribution < 1.29 is 0 Å². The summed E-state index contributed by atoms with van der Waals surface area (Å²) >= 11 is 0. The van der Waals surface area contributed by atoms with Crippen molar-refractivity contribution in [2.45, 2.75) is 73.6 Å². The molecule has 0 nitrogen and oxygen atoms in total. The highest BCUT2D eigenvalue weighted by Crippen LogP contribution is 2.31. The average Bonchev–Trinajstić information content (AvgIpc) is 2.26. The summed E-state index contributed by atoms with van der Waals surface area (Å²) in [6.07, 6.45) is 2.51. The van der Waals surface area contributed by atoms with Gasteiger partial charge in [0.25, 0.3) is 0 Å². The van der Waals surface area contributed by atoms with Crippen LogP contribution in [0.3, 0.4) is 0 Å². The molecule has 0 radical (unpaired) electrons. The van der Waals surface area contributed by atoms with Gasteiger partial charge in [0.15, 0.2) is 0 Å². The second-order valence-corrected chi connectivity index (χ2v) is 8.76. The molecule has 2 unspecified atom stereocenters. The molecule has 0 aromatic heterocycles. The van der Waals surface area contributed by atoms with Gasteiger partial charge in [0, 0.05) is 0 Å². The molecule has 2 atom stereocenters. The minimum Gasteiger partial charge on any atom is -0.0622 e. The van der Waals surface area contributed by atoms with Gasteiger partial charge in [0.1, 0.15) is 0 Å². The lowest BCUT2D eigenvalue weighted by Gasteiger charge is -2.29. The summed E-state index contributed by atoms with van der Waals surface area (Å²) in [5.41, 5.74) is 3.58. The average molecular weight is 274 g/mol. The summed E-state index contributed by atoms with van der Waals surface area (Å²) in [7, 11) is 0. The van der Waals surface area contributed by atoms with Crippen molar-refractivity contribution in [3.63, 3.8) is 0 Å². The van der Waals surface area contributed by atoms with Crippen molar-refractivity contribution in [3.05, 3.63) is 35.4 Å². The van der Waals surface area contributed by atoms with E-state index in [-0.39, 0.29) is 5.41 Å². The van der Waals surface area contributed by atoms with Crippen LogP contribution in [-0.4, -0.2) is 0 Å². The molecule has 1 aromatic rings. The van der Waals surface area contributed by atoms with E-state index in [2.05, 4.69) is 79.7 Å². The van der Waals surface area contributed by atoms with E-state index in [1.165, 1.54) is 24.0 Å². The Labute approximate surface area is 127 Å². The molecule has 0 aliphatic heterocycles. The van der Waals surface area contributed by atoms with E-state index >= 15 is 0 Å². The summed E-state index contributed by atoms with van der Waals surface area (Å²) in [6, 6.07) is 9.24. The molecule has 0 aliphatic carbocycles. The fourth-order valence-corrected chi connectivity index (χ4v) is 2.58. The summed E-state index contributed by atoms with van der Waals surface area (Å²) in [5, 5.41) is 0. The Morgan fingerprint density at radius 3 is 1.75 bits per heavy atom.